The van der Waals surface area contributed by atoms with Crippen molar-refractivity contribution < 1.29 is 4.79 Å². The third-order valence-corrected chi connectivity index (χ3v) is 3.21. The molecule has 2 heteroatoms. The second-order valence-corrected chi connectivity index (χ2v) is 6.23. The van der Waals surface area contributed by atoms with Gasteiger partial charge in [-0.1, -0.05) is 45.0 Å². The van der Waals surface area contributed by atoms with Gasteiger partial charge in [0.25, 0.3) is 0 Å². The average molecular weight is 255 g/mol. The second-order valence-electron chi connectivity index (χ2n) is 6.23. The van der Waals surface area contributed by atoms with Crippen molar-refractivity contribution in [2.75, 3.05) is 0 Å². The maximum absolute atomic E-state index is 12.1. The highest BCUT2D eigenvalue weighted by atomic mass is 16.1. The van der Waals surface area contributed by atoms with Crippen molar-refractivity contribution in [3.8, 4) is 0 Å². The maximum Gasteiger partial charge on any atom is 0.181 e. The van der Waals surface area contributed by atoms with Gasteiger partial charge in [-0.2, -0.15) is 0 Å². The first-order valence-electron chi connectivity index (χ1n) is 6.85. The summed E-state index contributed by atoms with van der Waals surface area (Å²) >= 11 is 0. The normalized spacial score (nSPS) is 11.7. The highest BCUT2D eigenvalue weighted by Crippen LogP contribution is 2.22. The van der Waals surface area contributed by atoms with Gasteiger partial charge in [-0.15, -0.1) is 0 Å². The van der Waals surface area contributed by atoms with Gasteiger partial charge in [0.15, 0.2) is 5.78 Å². The zero-order valence-electron chi connectivity index (χ0n) is 11.9. The predicted molar refractivity (Wildman–Crippen MR) is 79.4 cm³/mol. The molecular weight excluding hydrogens is 234 g/mol. The van der Waals surface area contributed by atoms with Crippen LogP contribution in [0.3, 0.4) is 0 Å². The summed E-state index contributed by atoms with van der Waals surface area (Å²) in [6, 6.07) is 11.7. The second kappa shape index (κ2) is 5.52. The highest BCUT2D eigenvalue weighted by Gasteiger charge is 2.13. The van der Waals surface area contributed by atoms with E-state index in [1.54, 1.807) is 0 Å². The number of carbonyl (C=O) groups excluding carboxylic acids is 1. The molecule has 0 saturated carbocycles. The number of ketones is 1. The molecule has 0 fully saturated rings. The Morgan fingerprint density at radius 3 is 2.58 bits per heavy atom. The fourth-order valence-electron chi connectivity index (χ4n) is 2.13. The molecule has 0 N–H and O–H groups in total. The van der Waals surface area contributed by atoms with Crippen LogP contribution in [0.5, 0.6) is 0 Å². The van der Waals surface area contributed by atoms with E-state index in [9.17, 15) is 4.79 Å². The molecule has 0 radical (unpaired) electrons. The number of aromatic nitrogens is 1. The van der Waals surface area contributed by atoms with Crippen molar-refractivity contribution >= 4 is 16.7 Å². The molecule has 0 bridgehead atoms. The van der Waals surface area contributed by atoms with Gasteiger partial charge in [-0.3, -0.25) is 4.79 Å². The van der Waals surface area contributed by atoms with E-state index in [0.717, 1.165) is 23.7 Å². The molecule has 2 aromatic rings. The summed E-state index contributed by atoms with van der Waals surface area (Å²) in [7, 11) is 0. The highest BCUT2D eigenvalue weighted by molar-refractivity contribution is 5.96. The van der Waals surface area contributed by atoms with Gasteiger partial charge in [-0.05, 0) is 30.4 Å². The molecule has 0 aliphatic carbocycles. The third kappa shape index (κ3) is 3.88. The SMILES string of the molecule is CC(C)(C)CCCC(=O)c1ccc2ccccc2n1. The number of carbonyl (C=O) groups is 1. The fourth-order valence-corrected chi connectivity index (χ4v) is 2.13. The minimum absolute atomic E-state index is 0.148. The Labute approximate surface area is 114 Å². The molecule has 1 aromatic carbocycles. The Morgan fingerprint density at radius 1 is 1.11 bits per heavy atom. The smallest absolute Gasteiger partial charge is 0.181 e. The lowest BCUT2D eigenvalue weighted by atomic mass is 9.89. The molecule has 0 unspecified atom stereocenters. The van der Waals surface area contributed by atoms with Crippen molar-refractivity contribution in [2.24, 2.45) is 5.41 Å². The summed E-state index contributed by atoms with van der Waals surface area (Å²) in [5, 5.41) is 1.08. The molecular formula is C17H21NO. The van der Waals surface area contributed by atoms with Crippen LogP contribution in [0.2, 0.25) is 0 Å². The van der Waals surface area contributed by atoms with Gasteiger partial charge < -0.3 is 0 Å². The first-order chi connectivity index (χ1) is 8.96. The maximum atomic E-state index is 12.1. The number of rotatable bonds is 4. The van der Waals surface area contributed by atoms with E-state index in [2.05, 4.69) is 25.8 Å². The third-order valence-electron chi connectivity index (χ3n) is 3.21. The lowest BCUT2D eigenvalue weighted by Crippen LogP contribution is -2.07. The van der Waals surface area contributed by atoms with E-state index in [1.807, 2.05) is 36.4 Å². The minimum Gasteiger partial charge on any atom is -0.292 e. The summed E-state index contributed by atoms with van der Waals surface area (Å²) in [6.45, 7) is 6.60. The van der Waals surface area contributed by atoms with Crippen molar-refractivity contribution in [3.63, 3.8) is 0 Å². The van der Waals surface area contributed by atoms with E-state index in [1.165, 1.54) is 0 Å². The molecule has 19 heavy (non-hydrogen) atoms. The van der Waals surface area contributed by atoms with Crippen LogP contribution in [0.15, 0.2) is 36.4 Å². The van der Waals surface area contributed by atoms with Crippen molar-refractivity contribution in [2.45, 2.75) is 40.0 Å². The standard InChI is InChI=1S/C17H21NO/c1-17(2,3)12-6-9-16(19)15-11-10-13-7-4-5-8-14(13)18-15/h4-5,7-8,10-11H,6,9,12H2,1-3H3. The number of Topliss-reactive ketones (excluding diaryl/α,β-unsaturated/α-hetero) is 1. The predicted octanol–water partition coefficient (Wildman–Crippen LogP) is 4.63. The van der Waals surface area contributed by atoms with Crippen LogP contribution in [0.1, 0.15) is 50.5 Å². The number of para-hydroxylation sites is 1. The Kier molecular flexibility index (Phi) is 3.98. The van der Waals surface area contributed by atoms with Crippen LogP contribution in [-0.4, -0.2) is 10.8 Å². The first-order valence-corrected chi connectivity index (χ1v) is 6.85. The van der Waals surface area contributed by atoms with Crippen LogP contribution in [-0.2, 0) is 0 Å². The largest absolute Gasteiger partial charge is 0.292 e. The fraction of sp³-hybridized carbons (Fsp3) is 0.412. The Balaban J connectivity index is 2.05. The van der Waals surface area contributed by atoms with E-state index in [0.29, 0.717) is 12.1 Å². The lowest BCUT2D eigenvalue weighted by molar-refractivity contribution is 0.0971. The molecule has 0 atom stereocenters. The van der Waals surface area contributed by atoms with Gasteiger partial charge in [0.1, 0.15) is 5.69 Å². The van der Waals surface area contributed by atoms with Crippen LogP contribution < -0.4 is 0 Å². The Bertz CT molecular complexity index is 581. The molecule has 2 rings (SSSR count). The molecule has 0 aliphatic rings. The number of pyridine rings is 1. The van der Waals surface area contributed by atoms with Gasteiger partial charge in [-0.25, -0.2) is 4.98 Å². The van der Waals surface area contributed by atoms with Crippen molar-refractivity contribution in [1.29, 1.82) is 0 Å². The minimum atomic E-state index is 0.148. The Morgan fingerprint density at radius 2 is 1.84 bits per heavy atom. The summed E-state index contributed by atoms with van der Waals surface area (Å²) < 4.78 is 0. The van der Waals surface area contributed by atoms with E-state index >= 15 is 0 Å². The summed E-state index contributed by atoms with van der Waals surface area (Å²) in [5.41, 5.74) is 1.77. The first kappa shape index (κ1) is 13.7. The summed E-state index contributed by atoms with van der Waals surface area (Å²) in [5.74, 6) is 0.148. The molecule has 0 spiro atoms. The van der Waals surface area contributed by atoms with Crippen molar-refractivity contribution in [1.82, 2.24) is 4.98 Å². The molecule has 1 aromatic heterocycles. The number of benzene rings is 1. The van der Waals surface area contributed by atoms with Crippen LogP contribution in [0.4, 0.5) is 0 Å². The van der Waals surface area contributed by atoms with Crippen LogP contribution in [0, 0.1) is 5.41 Å². The molecule has 1 heterocycles. The van der Waals surface area contributed by atoms with Gasteiger partial charge >= 0.3 is 0 Å². The number of hydrogen-bond acceptors (Lipinski definition) is 2. The molecule has 100 valence electrons. The number of fused-ring (bicyclic) bond motifs is 1. The topological polar surface area (TPSA) is 30.0 Å². The van der Waals surface area contributed by atoms with Crippen LogP contribution >= 0.6 is 0 Å². The molecule has 2 nitrogen and oxygen atoms in total. The van der Waals surface area contributed by atoms with Gasteiger partial charge in [0.2, 0.25) is 0 Å². The van der Waals surface area contributed by atoms with Gasteiger partial charge in [0, 0.05) is 11.8 Å². The molecule has 0 aliphatic heterocycles. The zero-order chi connectivity index (χ0) is 13.9. The van der Waals surface area contributed by atoms with E-state index in [4.69, 9.17) is 0 Å². The van der Waals surface area contributed by atoms with Gasteiger partial charge in [0.05, 0.1) is 5.52 Å². The van der Waals surface area contributed by atoms with E-state index in [-0.39, 0.29) is 11.2 Å². The molecule has 0 saturated heterocycles. The van der Waals surface area contributed by atoms with E-state index < -0.39 is 0 Å². The van der Waals surface area contributed by atoms with Crippen LogP contribution in [0.25, 0.3) is 10.9 Å². The monoisotopic (exact) mass is 255 g/mol. The summed E-state index contributed by atoms with van der Waals surface area (Å²) in [4.78, 5) is 16.6. The molecule has 0 amide bonds. The summed E-state index contributed by atoms with van der Waals surface area (Å²) in [6.07, 6.45) is 2.58. The Hall–Kier alpha value is -1.70. The number of nitrogens with zero attached hydrogens (tertiary/aromatic N) is 1. The zero-order valence-corrected chi connectivity index (χ0v) is 11.9. The van der Waals surface area contributed by atoms with Crippen molar-refractivity contribution in [3.05, 3.63) is 42.1 Å². The number of hydrogen-bond donors (Lipinski definition) is 0. The lowest BCUT2D eigenvalue weighted by Gasteiger charge is -2.17. The quantitative estimate of drug-likeness (QED) is 0.745. The average Bonchev–Trinajstić information content (AvgIpc) is 2.36.